The van der Waals surface area contributed by atoms with E-state index >= 15 is 0 Å². The molecule has 0 aliphatic carbocycles. The summed E-state index contributed by atoms with van der Waals surface area (Å²) in [6.45, 7) is 7.57. The normalized spacial score (nSPS) is 13.5. The summed E-state index contributed by atoms with van der Waals surface area (Å²) in [5.74, 6) is -0.468. The molecule has 170 valence electrons. The third kappa shape index (κ3) is 6.80. The number of hydrogen-bond acceptors (Lipinski definition) is 5. The van der Waals surface area contributed by atoms with Gasteiger partial charge in [0.1, 0.15) is 6.54 Å². The van der Waals surface area contributed by atoms with Crippen molar-refractivity contribution in [3.8, 4) is 0 Å². The van der Waals surface area contributed by atoms with E-state index in [4.69, 9.17) is 0 Å². The Bertz CT molecular complexity index is 1130. The van der Waals surface area contributed by atoms with Crippen LogP contribution in [0.1, 0.15) is 44.9 Å². The van der Waals surface area contributed by atoms with Gasteiger partial charge < -0.3 is 5.32 Å². The van der Waals surface area contributed by atoms with Crippen molar-refractivity contribution in [3.63, 3.8) is 0 Å². The van der Waals surface area contributed by atoms with Crippen molar-refractivity contribution in [2.75, 3.05) is 23.4 Å². The van der Waals surface area contributed by atoms with E-state index in [1.807, 2.05) is 12.1 Å². The number of nitrogens with one attached hydrogen (secondary N) is 1. The summed E-state index contributed by atoms with van der Waals surface area (Å²) in [4.78, 5) is 12.8. The van der Waals surface area contributed by atoms with Gasteiger partial charge in [-0.3, -0.25) is 9.10 Å². The van der Waals surface area contributed by atoms with Gasteiger partial charge in [-0.15, -0.1) is 0 Å². The standard InChI is InChI=1S/C22H30N2O5S2/c1-16(17-7-13-20(14-8-17)30(5,26)27)23-21(25)15-24(31(6,28)29)19-11-9-18(10-12-19)22(2,3)4/h7-14,16H,15H2,1-6H3,(H,23,25)/t16-/m0/s1. The lowest BCUT2D eigenvalue weighted by molar-refractivity contribution is -0.120. The molecule has 2 aromatic rings. The molecule has 0 aromatic heterocycles. The molecule has 1 amide bonds. The number of hydrogen-bond donors (Lipinski definition) is 1. The van der Waals surface area contributed by atoms with E-state index < -0.39 is 31.8 Å². The number of anilines is 1. The molecular weight excluding hydrogens is 436 g/mol. The number of sulfonamides is 1. The average Bonchev–Trinajstić information content (AvgIpc) is 2.64. The van der Waals surface area contributed by atoms with Crippen molar-refractivity contribution in [2.45, 2.75) is 44.0 Å². The fraction of sp³-hybridized carbons (Fsp3) is 0.409. The summed E-state index contributed by atoms with van der Waals surface area (Å²) in [5.41, 5.74) is 2.10. The molecule has 1 N–H and O–H groups in total. The first-order valence-corrected chi connectivity index (χ1v) is 13.5. The molecule has 1 atom stereocenters. The van der Waals surface area contributed by atoms with Crippen LogP contribution in [-0.4, -0.2) is 41.8 Å². The van der Waals surface area contributed by atoms with Crippen molar-refractivity contribution in [1.29, 1.82) is 0 Å². The number of carbonyl (C=O) groups excluding carboxylic acids is 1. The van der Waals surface area contributed by atoms with Crippen molar-refractivity contribution < 1.29 is 21.6 Å². The van der Waals surface area contributed by atoms with Gasteiger partial charge in [0.05, 0.1) is 22.9 Å². The molecule has 0 saturated carbocycles. The van der Waals surface area contributed by atoms with Gasteiger partial charge >= 0.3 is 0 Å². The van der Waals surface area contributed by atoms with E-state index in [2.05, 4.69) is 26.1 Å². The lowest BCUT2D eigenvalue weighted by atomic mass is 9.87. The molecule has 0 unspecified atom stereocenters. The summed E-state index contributed by atoms with van der Waals surface area (Å²) in [6.07, 6.45) is 2.19. The first-order chi connectivity index (χ1) is 14.1. The maximum Gasteiger partial charge on any atom is 0.241 e. The maximum atomic E-state index is 12.6. The van der Waals surface area contributed by atoms with Crippen LogP contribution >= 0.6 is 0 Å². The van der Waals surface area contributed by atoms with Crippen LogP contribution in [0, 0.1) is 0 Å². The number of sulfone groups is 1. The highest BCUT2D eigenvalue weighted by Crippen LogP contribution is 2.26. The number of benzene rings is 2. The molecule has 0 bridgehead atoms. The molecule has 7 nitrogen and oxygen atoms in total. The van der Waals surface area contributed by atoms with Gasteiger partial charge in [0.25, 0.3) is 0 Å². The molecule has 0 saturated heterocycles. The summed E-state index contributed by atoms with van der Waals surface area (Å²) in [6, 6.07) is 12.9. The van der Waals surface area contributed by atoms with Crippen molar-refractivity contribution in [1.82, 2.24) is 5.32 Å². The molecule has 0 radical (unpaired) electrons. The van der Waals surface area contributed by atoms with E-state index in [0.717, 1.165) is 22.4 Å². The minimum atomic E-state index is -3.68. The molecule has 0 spiro atoms. The molecule has 0 fully saturated rings. The van der Waals surface area contributed by atoms with Gasteiger partial charge in [-0.05, 0) is 47.7 Å². The molecule has 0 aliphatic heterocycles. The highest BCUT2D eigenvalue weighted by atomic mass is 32.2. The van der Waals surface area contributed by atoms with Crippen LogP contribution in [-0.2, 0) is 30.1 Å². The van der Waals surface area contributed by atoms with Crippen LogP contribution in [0.25, 0.3) is 0 Å². The summed E-state index contributed by atoms with van der Waals surface area (Å²) in [7, 11) is -6.98. The lowest BCUT2D eigenvalue weighted by Gasteiger charge is -2.25. The van der Waals surface area contributed by atoms with Gasteiger partial charge in [0.15, 0.2) is 9.84 Å². The Balaban J connectivity index is 2.16. The van der Waals surface area contributed by atoms with Crippen molar-refractivity contribution in [3.05, 3.63) is 59.7 Å². The quantitative estimate of drug-likeness (QED) is 0.676. The second-order valence-electron chi connectivity index (χ2n) is 8.70. The van der Waals surface area contributed by atoms with Gasteiger partial charge in [-0.25, -0.2) is 16.8 Å². The summed E-state index contributed by atoms with van der Waals surface area (Å²) >= 11 is 0. The molecule has 31 heavy (non-hydrogen) atoms. The Hall–Kier alpha value is -2.39. The smallest absolute Gasteiger partial charge is 0.241 e. The molecule has 0 heterocycles. The topological polar surface area (TPSA) is 101 Å². The second kappa shape index (κ2) is 9.00. The number of rotatable bonds is 7. The van der Waals surface area contributed by atoms with Gasteiger partial charge in [0.2, 0.25) is 15.9 Å². The predicted molar refractivity (Wildman–Crippen MR) is 123 cm³/mol. The molecule has 9 heteroatoms. The number of nitrogens with zero attached hydrogens (tertiary/aromatic N) is 1. The first-order valence-electron chi connectivity index (χ1n) is 9.76. The van der Waals surface area contributed by atoms with Gasteiger partial charge in [-0.1, -0.05) is 45.0 Å². The Morgan fingerprint density at radius 2 is 1.45 bits per heavy atom. The largest absolute Gasteiger partial charge is 0.348 e. The highest BCUT2D eigenvalue weighted by molar-refractivity contribution is 7.92. The number of amides is 1. The van der Waals surface area contributed by atoms with E-state index in [0.29, 0.717) is 11.3 Å². The zero-order valence-electron chi connectivity index (χ0n) is 18.7. The minimum Gasteiger partial charge on any atom is -0.348 e. The SMILES string of the molecule is C[C@H](NC(=O)CN(c1ccc(C(C)(C)C)cc1)S(C)(=O)=O)c1ccc(S(C)(=O)=O)cc1. The monoisotopic (exact) mass is 466 g/mol. The Labute approximate surface area is 185 Å². The van der Waals surface area contributed by atoms with E-state index in [9.17, 15) is 21.6 Å². The molecular formula is C22H30N2O5S2. The third-order valence-electron chi connectivity index (χ3n) is 4.89. The van der Waals surface area contributed by atoms with Crippen LogP contribution in [0.3, 0.4) is 0 Å². The molecule has 2 aromatic carbocycles. The van der Waals surface area contributed by atoms with E-state index in [1.165, 1.54) is 12.1 Å². The van der Waals surface area contributed by atoms with Crippen LogP contribution in [0.4, 0.5) is 5.69 Å². The Kier molecular flexibility index (Phi) is 7.22. The van der Waals surface area contributed by atoms with Crippen LogP contribution < -0.4 is 9.62 Å². The zero-order chi connectivity index (χ0) is 23.6. The summed E-state index contributed by atoms with van der Waals surface area (Å²) in [5, 5.41) is 2.77. The van der Waals surface area contributed by atoms with E-state index in [1.54, 1.807) is 31.2 Å². The Morgan fingerprint density at radius 3 is 1.87 bits per heavy atom. The number of carbonyl (C=O) groups is 1. The Morgan fingerprint density at radius 1 is 0.935 bits per heavy atom. The van der Waals surface area contributed by atoms with Crippen LogP contribution in [0.5, 0.6) is 0 Å². The maximum absolute atomic E-state index is 12.6. The fourth-order valence-electron chi connectivity index (χ4n) is 3.03. The van der Waals surface area contributed by atoms with Gasteiger partial charge in [0, 0.05) is 6.26 Å². The first kappa shape index (κ1) is 24.9. The average molecular weight is 467 g/mol. The predicted octanol–water partition coefficient (Wildman–Crippen LogP) is 3.03. The van der Waals surface area contributed by atoms with Crippen molar-refractivity contribution >= 4 is 31.5 Å². The highest BCUT2D eigenvalue weighted by Gasteiger charge is 2.23. The lowest BCUT2D eigenvalue weighted by Crippen LogP contribution is -2.41. The molecule has 2 rings (SSSR count). The molecule has 0 aliphatic rings. The van der Waals surface area contributed by atoms with Crippen molar-refractivity contribution in [2.24, 2.45) is 0 Å². The minimum absolute atomic E-state index is 0.0755. The zero-order valence-corrected chi connectivity index (χ0v) is 20.3. The third-order valence-corrected chi connectivity index (χ3v) is 7.16. The van der Waals surface area contributed by atoms with E-state index in [-0.39, 0.29) is 16.9 Å². The van der Waals surface area contributed by atoms with Crippen LogP contribution in [0.2, 0.25) is 0 Å². The van der Waals surface area contributed by atoms with Crippen LogP contribution in [0.15, 0.2) is 53.4 Å². The summed E-state index contributed by atoms with van der Waals surface area (Å²) < 4.78 is 48.9. The van der Waals surface area contributed by atoms with Gasteiger partial charge in [-0.2, -0.15) is 0 Å². The fourth-order valence-corrected chi connectivity index (χ4v) is 4.52. The second-order valence-corrected chi connectivity index (χ2v) is 12.6.